The molecule has 7 heteroatoms. The van der Waals surface area contributed by atoms with Gasteiger partial charge in [0.05, 0.1) is 31.7 Å². The monoisotopic (exact) mass is 362 g/mol. The molecule has 2 amide bonds. The Morgan fingerprint density at radius 2 is 2.15 bits per heavy atom. The Hall–Kier alpha value is -1.86. The third-order valence-electron chi connectivity index (χ3n) is 5.11. The molecule has 3 rings (SSSR count). The second-order valence-corrected chi connectivity index (χ2v) is 7.12. The van der Waals surface area contributed by atoms with Gasteiger partial charge in [0.15, 0.2) is 0 Å². The van der Waals surface area contributed by atoms with Gasteiger partial charge in [0.1, 0.15) is 0 Å². The maximum Gasteiger partial charge on any atom is 0.321 e. The molecule has 2 fully saturated rings. The number of anilines is 1. The van der Waals surface area contributed by atoms with Gasteiger partial charge in [-0.1, -0.05) is 20.3 Å². The number of aromatic nitrogens is 1. The molecule has 0 bridgehead atoms. The van der Waals surface area contributed by atoms with E-state index in [1.54, 1.807) is 12.3 Å². The first-order chi connectivity index (χ1) is 12.7. The summed E-state index contributed by atoms with van der Waals surface area (Å²) in [5.74, 6) is 1.06. The van der Waals surface area contributed by atoms with E-state index < -0.39 is 0 Å². The number of hydrogen-bond donors (Lipinski definition) is 1. The second kappa shape index (κ2) is 9.19. The molecule has 1 aromatic heterocycles. The molecule has 0 aliphatic carbocycles. The van der Waals surface area contributed by atoms with Crippen LogP contribution < -0.4 is 10.1 Å². The fourth-order valence-electron chi connectivity index (χ4n) is 3.56. The highest BCUT2D eigenvalue weighted by Crippen LogP contribution is 2.23. The van der Waals surface area contributed by atoms with Gasteiger partial charge in [-0.3, -0.25) is 4.90 Å². The number of rotatable bonds is 6. The zero-order valence-corrected chi connectivity index (χ0v) is 15.8. The maximum atomic E-state index is 12.6. The standard InChI is InChI=1S/C19H30N4O3/c1-3-4-9-26-18-6-5-16(12-20-18)21-19(24)23-13-15(2)17(14-23)22-7-10-25-11-8-22/h5-6,12,15,17H,3-4,7-11,13-14H2,1-2H3,(H,21,24). The third-order valence-corrected chi connectivity index (χ3v) is 5.11. The highest BCUT2D eigenvalue weighted by molar-refractivity contribution is 5.89. The zero-order valence-electron chi connectivity index (χ0n) is 15.8. The van der Waals surface area contributed by atoms with E-state index >= 15 is 0 Å². The number of carbonyl (C=O) groups is 1. The van der Waals surface area contributed by atoms with Crippen LogP contribution in [0.4, 0.5) is 10.5 Å². The Balaban J connectivity index is 1.50. The van der Waals surface area contributed by atoms with Crippen LogP contribution in [0, 0.1) is 5.92 Å². The Labute approximate surface area is 155 Å². The molecular weight excluding hydrogens is 332 g/mol. The Morgan fingerprint density at radius 3 is 2.85 bits per heavy atom. The molecule has 144 valence electrons. The topological polar surface area (TPSA) is 66.9 Å². The normalized spacial score (nSPS) is 23.8. The average Bonchev–Trinajstić information content (AvgIpc) is 3.06. The highest BCUT2D eigenvalue weighted by Gasteiger charge is 2.36. The largest absolute Gasteiger partial charge is 0.478 e. The number of ether oxygens (including phenoxy) is 2. The number of morpholine rings is 1. The molecule has 2 aliphatic heterocycles. The Morgan fingerprint density at radius 1 is 1.35 bits per heavy atom. The van der Waals surface area contributed by atoms with Crippen LogP contribution in [0.25, 0.3) is 0 Å². The van der Waals surface area contributed by atoms with E-state index in [0.29, 0.717) is 30.1 Å². The number of unbranched alkanes of at least 4 members (excludes halogenated alkanes) is 1. The lowest BCUT2D eigenvalue weighted by Crippen LogP contribution is -2.47. The molecule has 2 atom stereocenters. The van der Waals surface area contributed by atoms with Crippen LogP contribution in [-0.2, 0) is 4.74 Å². The van der Waals surface area contributed by atoms with E-state index in [2.05, 4.69) is 29.0 Å². The third kappa shape index (κ3) is 4.86. The van der Waals surface area contributed by atoms with Gasteiger partial charge in [-0.05, 0) is 18.4 Å². The van der Waals surface area contributed by atoms with E-state index in [4.69, 9.17) is 9.47 Å². The first-order valence-electron chi connectivity index (χ1n) is 9.64. The quantitative estimate of drug-likeness (QED) is 0.788. The first kappa shape index (κ1) is 18.9. The van der Waals surface area contributed by atoms with Crippen molar-refractivity contribution in [3.05, 3.63) is 18.3 Å². The number of amides is 2. The summed E-state index contributed by atoms with van der Waals surface area (Å²) in [6.07, 6.45) is 3.75. The number of nitrogens with zero attached hydrogens (tertiary/aromatic N) is 3. The molecule has 2 saturated heterocycles. The molecule has 2 unspecified atom stereocenters. The van der Waals surface area contributed by atoms with Crippen molar-refractivity contribution in [1.29, 1.82) is 0 Å². The van der Waals surface area contributed by atoms with E-state index in [9.17, 15) is 4.79 Å². The van der Waals surface area contributed by atoms with Crippen molar-refractivity contribution in [3.8, 4) is 5.88 Å². The molecule has 0 radical (unpaired) electrons. The van der Waals surface area contributed by atoms with Crippen LogP contribution in [0.15, 0.2) is 18.3 Å². The maximum absolute atomic E-state index is 12.6. The van der Waals surface area contributed by atoms with Gasteiger partial charge in [-0.15, -0.1) is 0 Å². The SMILES string of the molecule is CCCCOc1ccc(NC(=O)N2CC(C)C(N3CCOCC3)C2)cn1. The van der Waals surface area contributed by atoms with Crippen LogP contribution >= 0.6 is 0 Å². The number of nitrogens with one attached hydrogen (secondary N) is 1. The van der Waals surface area contributed by atoms with Gasteiger partial charge in [0, 0.05) is 38.3 Å². The number of urea groups is 1. The highest BCUT2D eigenvalue weighted by atomic mass is 16.5. The molecule has 3 heterocycles. The smallest absolute Gasteiger partial charge is 0.321 e. The van der Waals surface area contributed by atoms with Crippen molar-refractivity contribution in [3.63, 3.8) is 0 Å². The second-order valence-electron chi connectivity index (χ2n) is 7.12. The minimum atomic E-state index is -0.0611. The zero-order chi connectivity index (χ0) is 18.4. The summed E-state index contributed by atoms with van der Waals surface area (Å²) >= 11 is 0. The summed E-state index contributed by atoms with van der Waals surface area (Å²) < 4.78 is 11.0. The molecule has 0 saturated carbocycles. The summed E-state index contributed by atoms with van der Waals surface area (Å²) in [7, 11) is 0. The molecule has 2 aliphatic rings. The summed E-state index contributed by atoms with van der Waals surface area (Å²) in [6, 6.07) is 3.99. The van der Waals surface area contributed by atoms with Gasteiger partial charge in [-0.25, -0.2) is 9.78 Å². The Bertz CT molecular complexity index is 575. The van der Waals surface area contributed by atoms with Crippen molar-refractivity contribution in [2.75, 3.05) is 51.3 Å². The van der Waals surface area contributed by atoms with Gasteiger partial charge < -0.3 is 19.7 Å². The first-order valence-corrected chi connectivity index (χ1v) is 9.64. The van der Waals surface area contributed by atoms with Crippen molar-refractivity contribution in [2.45, 2.75) is 32.7 Å². The van der Waals surface area contributed by atoms with E-state index in [-0.39, 0.29) is 6.03 Å². The summed E-state index contributed by atoms with van der Waals surface area (Å²) in [4.78, 5) is 21.2. The number of hydrogen-bond acceptors (Lipinski definition) is 5. The van der Waals surface area contributed by atoms with Crippen molar-refractivity contribution < 1.29 is 14.3 Å². The Kier molecular flexibility index (Phi) is 6.68. The molecule has 1 N–H and O–H groups in total. The molecular formula is C19H30N4O3. The summed E-state index contributed by atoms with van der Waals surface area (Å²) in [5.41, 5.74) is 0.695. The lowest BCUT2D eigenvalue weighted by atomic mass is 10.0. The minimum absolute atomic E-state index is 0.0611. The van der Waals surface area contributed by atoms with E-state index in [0.717, 1.165) is 52.2 Å². The van der Waals surface area contributed by atoms with Gasteiger partial charge >= 0.3 is 6.03 Å². The van der Waals surface area contributed by atoms with Gasteiger partial charge in [0.25, 0.3) is 0 Å². The number of carbonyl (C=O) groups excluding carboxylic acids is 1. The predicted molar refractivity (Wildman–Crippen MR) is 101 cm³/mol. The van der Waals surface area contributed by atoms with Gasteiger partial charge in [0.2, 0.25) is 5.88 Å². The van der Waals surface area contributed by atoms with Crippen LogP contribution in [0.1, 0.15) is 26.7 Å². The predicted octanol–water partition coefficient (Wildman–Crippen LogP) is 2.44. The number of pyridine rings is 1. The van der Waals surface area contributed by atoms with Gasteiger partial charge in [-0.2, -0.15) is 0 Å². The van der Waals surface area contributed by atoms with Crippen LogP contribution in [0.3, 0.4) is 0 Å². The van der Waals surface area contributed by atoms with E-state index in [1.807, 2.05) is 11.0 Å². The van der Waals surface area contributed by atoms with E-state index in [1.165, 1.54) is 0 Å². The fraction of sp³-hybridized carbons (Fsp3) is 0.684. The molecule has 7 nitrogen and oxygen atoms in total. The summed E-state index contributed by atoms with van der Waals surface area (Å²) in [6.45, 7) is 10.0. The van der Waals surface area contributed by atoms with Crippen molar-refractivity contribution in [1.82, 2.24) is 14.8 Å². The van der Waals surface area contributed by atoms with Crippen LogP contribution in [-0.4, -0.2) is 72.9 Å². The summed E-state index contributed by atoms with van der Waals surface area (Å²) in [5, 5.41) is 2.95. The minimum Gasteiger partial charge on any atom is -0.478 e. The lowest BCUT2D eigenvalue weighted by molar-refractivity contribution is 0.0123. The average molecular weight is 362 g/mol. The van der Waals surface area contributed by atoms with Crippen LogP contribution in [0.2, 0.25) is 0 Å². The fourth-order valence-corrected chi connectivity index (χ4v) is 3.56. The van der Waals surface area contributed by atoms with Crippen molar-refractivity contribution in [2.24, 2.45) is 5.92 Å². The molecule has 0 aromatic carbocycles. The van der Waals surface area contributed by atoms with Crippen molar-refractivity contribution >= 4 is 11.7 Å². The molecule has 26 heavy (non-hydrogen) atoms. The van der Waals surface area contributed by atoms with Crippen LogP contribution in [0.5, 0.6) is 5.88 Å². The lowest BCUT2D eigenvalue weighted by Gasteiger charge is -2.33. The molecule has 1 aromatic rings. The number of likely N-dealkylation sites (tertiary alicyclic amines) is 1. The molecule has 0 spiro atoms.